The molecule has 2 heteroatoms. The Morgan fingerprint density at radius 2 is 1.10 bits per heavy atom. The quantitative estimate of drug-likeness (QED) is 0.797. The van der Waals surface area contributed by atoms with Crippen LogP contribution < -0.4 is 11.5 Å². The lowest BCUT2D eigenvalue weighted by Crippen LogP contribution is -2.48. The standard InChI is InChI=1S/C18H36N2/c1-3-5-13-7-9-17(19)15(11-13)16-12-14(6-4-2)8-10-18(16)20/h13-18H,3-12,19-20H2,1-2H3. The second-order valence-corrected chi connectivity index (χ2v) is 7.59. The van der Waals surface area contributed by atoms with Crippen molar-refractivity contribution in [3.63, 3.8) is 0 Å². The van der Waals surface area contributed by atoms with Crippen molar-refractivity contribution < 1.29 is 0 Å². The third-order valence-electron chi connectivity index (χ3n) is 6.07. The third kappa shape index (κ3) is 3.98. The lowest BCUT2D eigenvalue weighted by molar-refractivity contribution is 0.0930. The van der Waals surface area contributed by atoms with Crippen molar-refractivity contribution in [2.45, 2.75) is 90.1 Å². The molecule has 118 valence electrons. The molecule has 0 amide bonds. The number of hydrogen-bond donors (Lipinski definition) is 2. The Bertz CT molecular complexity index is 251. The van der Waals surface area contributed by atoms with E-state index in [4.69, 9.17) is 11.5 Å². The summed E-state index contributed by atoms with van der Waals surface area (Å²) in [4.78, 5) is 0. The predicted octanol–water partition coefficient (Wildman–Crippen LogP) is 4.07. The molecule has 0 aromatic carbocycles. The molecule has 0 spiro atoms. The molecule has 4 N–H and O–H groups in total. The Balaban J connectivity index is 1.98. The molecule has 6 unspecified atom stereocenters. The molecule has 2 rings (SSSR count). The van der Waals surface area contributed by atoms with Gasteiger partial charge in [-0.25, -0.2) is 0 Å². The van der Waals surface area contributed by atoms with Crippen LogP contribution >= 0.6 is 0 Å². The van der Waals surface area contributed by atoms with Gasteiger partial charge in [-0.1, -0.05) is 39.5 Å². The van der Waals surface area contributed by atoms with Crippen LogP contribution in [0.25, 0.3) is 0 Å². The fourth-order valence-corrected chi connectivity index (χ4v) is 4.97. The third-order valence-corrected chi connectivity index (χ3v) is 6.07. The number of rotatable bonds is 5. The van der Waals surface area contributed by atoms with E-state index in [-0.39, 0.29) is 0 Å². The van der Waals surface area contributed by atoms with Gasteiger partial charge >= 0.3 is 0 Å². The van der Waals surface area contributed by atoms with Gasteiger partial charge in [0.2, 0.25) is 0 Å². The Kier molecular flexibility index (Phi) is 6.35. The van der Waals surface area contributed by atoms with E-state index in [1.54, 1.807) is 0 Å². The molecule has 2 fully saturated rings. The summed E-state index contributed by atoms with van der Waals surface area (Å²) < 4.78 is 0. The van der Waals surface area contributed by atoms with E-state index in [0.29, 0.717) is 23.9 Å². The summed E-state index contributed by atoms with van der Waals surface area (Å²) in [6, 6.07) is 0.832. The highest BCUT2D eigenvalue weighted by Gasteiger charge is 2.39. The summed E-state index contributed by atoms with van der Waals surface area (Å²) in [6.07, 6.45) is 13.3. The minimum atomic E-state index is 0.416. The summed E-state index contributed by atoms with van der Waals surface area (Å²) in [5.41, 5.74) is 13.0. The average molecular weight is 280 g/mol. The monoisotopic (exact) mass is 280 g/mol. The Morgan fingerprint density at radius 3 is 1.45 bits per heavy atom. The fraction of sp³-hybridized carbons (Fsp3) is 1.00. The van der Waals surface area contributed by atoms with E-state index < -0.39 is 0 Å². The molecule has 2 saturated carbocycles. The first-order valence-electron chi connectivity index (χ1n) is 9.16. The van der Waals surface area contributed by atoms with E-state index >= 15 is 0 Å². The summed E-state index contributed by atoms with van der Waals surface area (Å²) in [6.45, 7) is 4.63. The van der Waals surface area contributed by atoms with Gasteiger partial charge in [0.25, 0.3) is 0 Å². The maximum absolute atomic E-state index is 6.49. The summed E-state index contributed by atoms with van der Waals surface area (Å²) in [5.74, 6) is 3.25. The highest BCUT2D eigenvalue weighted by molar-refractivity contribution is 4.93. The Hall–Kier alpha value is -0.0800. The zero-order chi connectivity index (χ0) is 14.5. The molecule has 2 aliphatic rings. The minimum Gasteiger partial charge on any atom is -0.327 e. The summed E-state index contributed by atoms with van der Waals surface area (Å²) in [5, 5.41) is 0. The maximum Gasteiger partial charge on any atom is 0.00705 e. The van der Waals surface area contributed by atoms with Crippen molar-refractivity contribution in [3.8, 4) is 0 Å². The molecule has 0 aromatic rings. The first kappa shape index (κ1) is 16.3. The first-order valence-corrected chi connectivity index (χ1v) is 9.16. The van der Waals surface area contributed by atoms with Crippen LogP contribution in [0.2, 0.25) is 0 Å². The van der Waals surface area contributed by atoms with Crippen LogP contribution in [0, 0.1) is 23.7 Å². The van der Waals surface area contributed by atoms with Crippen LogP contribution in [0.15, 0.2) is 0 Å². The number of nitrogens with two attached hydrogens (primary N) is 2. The molecule has 0 bridgehead atoms. The van der Waals surface area contributed by atoms with Gasteiger partial charge in [-0.15, -0.1) is 0 Å². The van der Waals surface area contributed by atoms with Crippen LogP contribution in [-0.2, 0) is 0 Å². The van der Waals surface area contributed by atoms with Crippen molar-refractivity contribution in [3.05, 3.63) is 0 Å². The zero-order valence-electron chi connectivity index (χ0n) is 13.7. The van der Waals surface area contributed by atoms with E-state index in [2.05, 4.69) is 13.8 Å². The molecule has 2 nitrogen and oxygen atoms in total. The van der Waals surface area contributed by atoms with Crippen molar-refractivity contribution in [1.82, 2.24) is 0 Å². The average Bonchev–Trinajstić information content (AvgIpc) is 2.44. The van der Waals surface area contributed by atoms with Crippen LogP contribution in [0.1, 0.15) is 78.1 Å². The van der Waals surface area contributed by atoms with E-state index in [9.17, 15) is 0 Å². The van der Waals surface area contributed by atoms with Crippen molar-refractivity contribution in [1.29, 1.82) is 0 Å². The normalized spacial score (nSPS) is 42.6. The lowest BCUT2D eigenvalue weighted by atomic mass is 9.64. The van der Waals surface area contributed by atoms with Gasteiger partial charge in [0, 0.05) is 12.1 Å². The summed E-state index contributed by atoms with van der Waals surface area (Å²) >= 11 is 0. The molecular weight excluding hydrogens is 244 g/mol. The topological polar surface area (TPSA) is 52.0 Å². The van der Waals surface area contributed by atoms with Gasteiger partial charge < -0.3 is 11.5 Å². The second-order valence-electron chi connectivity index (χ2n) is 7.59. The molecule has 0 aliphatic heterocycles. The van der Waals surface area contributed by atoms with E-state index in [1.807, 2.05) is 0 Å². The highest BCUT2D eigenvalue weighted by atomic mass is 14.7. The van der Waals surface area contributed by atoms with Crippen molar-refractivity contribution >= 4 is 0 Å². The van der Waals surface area contributed by atoms with Gasteiger partial charge in [-0.3, -0.25) is 0 Å². The van der Waals surface area contributed by atoms with Crippen LogP contribution in [0.5, 0.6) is 0 Å². The lowest BCUT2D eigenvalue weighted by Gasteiger charge is -2.45. The van der Waals surface area contributed by atoms with E-state index in [1.165, 1.54) is 64.2 Å². The maximum atomic E-state index is 6.49. The van der Waals surface area contributed by atoms with Crippen LogP contribution in [0.3, 0.4) is 0 Å². The smallest absolute Gasteiger partial charge is 0.00705 e. The molecule has 0 heterocycles. The predicted molar refractivity (Wildman–Crippen MR) is 87.4 cm³/mol. The zero-order valence-corrected chi connectivity index (χ0v) is 13.7. The van der Waals surface area contributed by atoms with Gasteiger partial charge in [0.15, 0.2) is 0 Å². The van der Waals surface area contributed by atoms with Crippen LogP contribution in [-0.4, -0.2) is 12.1 Å². The van der Waals surface area contributed by atoms with Gasteiger partial charge in [0.1, 0.15) is 0 Å². The summed E-state index contributed by atoms with van der Waals surface area (Å²) in [7, 11) is 0. The van der Waals surface area contributed by atoms with Crippen LogP contribution in [0.4, 0.5) is 0 Å². The molecule has 0 radical (unpaired) electrons. The largest absolute Gasteiger partial charge is 0.327 e. The Labute approximate surface area is 126 Å². The molecule has 20 heavy (non-hydrogen) atoms. The first-order chi connectivity index (χ1) is 9.65. The van der Waals surface area contributed by atoms with Gasteiger partial charge in [0.05, 0.1) is 0 Å². The van der Waals surface area contributed by atoms with Gasteiger partial charge in [-0.2, -0.15) is 0 Å². The molecule has 2 aliphatic carbocycles. The minimum absolute atomic E-state index is 0.416. The van der Waals surface area contributed by atoms with E-state index in [0.717, 1.165) is 11.8 Å². The molecule has 6 atom stereocenters. The van der Waals surface area contributed by atoms with Crippen molar-refractivity contribution in [2.75, 3.05) is 0 Å². The molecule has 0 aromatic heterocycles. The fourth-order valence-electron chi connectivity index (χ4n) is 4.97. The SMILES string of the molecule is CCCC1CCC(N)C(C2CC(CCC)CCC2N)C1. The highest BCUT2D eigenvalue weighted by Crippen LogP contribution is 2.42. The molecular formula is C18H36N2. The Morgan fingerprint density at radius 1 is 0.700 bits per heavy atom. The molecule has 0 saturated heterocycles. The van der Waals surface area contributed by atoms with Gasteiger partial charge in [-0.05, 0) is 62.2 Å². The van der Waals surface area contributed by atoms with Crippen molar-refractivity contribution in [2.24, 2.45) is 35.1 Å². The second kappa shape index (κ2) is 7.79. The number of hydrogen-bond acceptors (Lipinski definition) is 2.